The fourth-order valence-corrected chi connectivity index (χ4v) is 3.76. The van der Waals surface area contributed by atoms with Gasteiger partial charge in [0.2, 0.25) is 15.9 Å². The van der Waals surface area contributed by atoms with Gasteiger partial charge < -0.3 is 9.88 Å². The largest absolute Gasteiger partial charge is 0.350 e. The van der Waals surface area contributed by atoms with Crippen LogP contribution in [0.3, 0.4) is 0 Å². The van der Waals surface area contributed by atoms with Crippen molar-refractivity contribution >= 4 is 33.2 Å². The molecule has 0 aliphatic rings. The van der Waals surface area contributed by atoms with Crippen LogP contribution in [0.15, 0.2) is 67.3 Å². The predicted molar refractivity (Wildman–Crippen MR) is 109 cm³/mol. The van der Waals surface area contributed by atoms with Crippen molar-refractivity contribution in [1.29, 1.82) is 0 Å². The number of amides is 1. The van der Waals surface area contributed by atoms with Gasteiger partial charge in [-0.1, -0.05) is 35.9 Å². The van der Waals surface area contributed by atoms with Crippen LogP contribution in [0.1, 0.15) is 5.56 Å². The van der Waals surface area contributed by atoms with Crippen molar-refractivity contribution in [1.82, 2.24) is 14.9 Å². The molecule has 0 atom stereocenters. The van der Waals surface area contributed by atoms with Crippen molar-refractivity contribution in [2.75, 3.05) is 17.1 Å². The summed E-state index contributed by atoms with van der Waals surface area (Å²) in [6, 6.07) is 13.9. The first-order valence-corrected chi connectivity index (χ1v) is 10.6. The minimum atomic E-state index is -3.65. The first kappa shape index (κ1) is 19.9. The van der Waals surface area contributed by atoms with Crippen molar-refractivity contribution in [3.8, 4) is 5.69 Å². The van der Waals surface area contributed by atoms with Gasteiger partial charge in [0, 0.05) is 24.0 Å². The second-order valence-corrected chi connectivity index (χ2v) is 8.47. The van der Waals surface area contributed by atoms with Gasteiger partial charge in [-0.3, -0.25) is 9.10 Å². The van der Waals surface area contributed by atoms with E-state index in [0.717, 1.165) is 21.8 Å². The minimum Gasteiger partial charge on any atom is -0.350 e. The molecule has 0 fully saturated rings. The van der Waals surface area contributed by atoms with E-state index in [-0.39, 0.29) is 13.1 Å². The molecule has 0 aliphatic heterocycles. The number of halogens is 1. The highest BCUT2D eigenvalue weighted by Gasteiger charge is 2.21. The maximum Gasteiger partial charge on any atom is 0.241 e. The molecule has 0 saturated carbocycles. The highest BCUT2D eigenvalue weighted by Crippen LogP contribution is 2.21. The molecule has 1 aromatic heterocycles. The molecule has 1 amide bonds. The SMILES string of the molecule is CS(=O)(=O)N(CC(=O)NCc1ccccc1-n1ccnc1)c1cccc(Cl)c1. The number of nitrogens with one attached hydrogen (secondary N) is 1. The predicted octanol–water partition coefficient (Wildman–Crippen LogP) is 2.61. The highest BCUT2D eigenvalue weighted by molar-refractivity contribution is 7.92. The summed E-state index contributed by atoms with van der Waals surface area (Å²) in [4.78, 5) is 16.5. The highest BCUT2D eigenvalue weighted by atomic mass is 35.5. The number of nitrogens with zero attached hydrogens (tertiary/aromatic N) is 3. The molecule has 1 N–H and O–H groups in total. The van der Waals surface area contributed by atoms with E-state index in [0.29, 0.717) is 10.7 Å². The Balaban J connectivity index is 1.73. The Labute approximate surface area is 168 Å². The van der Waals surface area contributed by atoms with E-state index >= 15 is 0 Å². The Hall–Kier alpha value is -2.84. The molecule has 28 heavy (non-hydrogen) atoms. The molecule has 0 bridgehead atoms. The number of hydrogen-bond donors (Lipinski definition) is 1. The zero-order valence-electron chi connectivity index (χ0n) is 15.1. The third-order valence-electron chi connectivity index (χ3n) is 4.03. The first-order valence-electron chi connectivity index (χ1n) is 8.41. The lowest BCUT2D eigenvalue weighted by atomic mass is 10.1. The van der Waals surface area contributed by atoms with Crippen LogP contribution >= 0.6 is 11.6 Å². The van der Waals surface area contributed by atoms with Gasteiger partial charge in [0.25, 0.3) is 0 Å². The van der Waals surface area contributed by atoms with Crippen LogP contribution in [-0.4, -0.2) is 36.7 Å². The van der Waals surface area contributed by atoms with E-state index in [4.69, 9.17) is 11.6 Å². The van der Waals surface area contributed by atoms with E-state index in [1.165, 1.54) is 6.07 Å². The van der Waals surface area contributed by atoms with Gasteiger partial charge >= 0.3 is 0 Å². The van der Waals surface area contributed by atoms with E-state index in [1.54, 1.807) is 30.7 Å². The van der Waals surface area contributed by atoms with E-state index in [1.807, 2.05) is 35.0 Å². The van der Waals surface area contributed by atoms with Crippen molar-refractivity contribution in [2.24, 2.45) is 0 Å². The van der Waals surface area contributed by atoms with Crippen molar-refractivity contribution < 1.29 is 13.2 Å². The lowest BCUT2D eigenvalue weighted by Gasteiger charge is -2.22. The standard InChI is InChI=1S/C19H19ClN4O3S/c1-28(26,27)24(17-7-4-6-16(20)11-17)13-19(25)22-12-15-5-2-3-8-18(15)23-10-9-21-14-23/h2-11,14H,12-13H2,1H3,(H,22,25). The topological polar surface area (TPSA) is 84.3 Å². The van der Waals surface area contributed by atoms with Crippen LogP contribution < -0.4 is 9.62 Å². The lowest BCUT2D eigenvalue weighted by Crippen LogP contribution is -2.40. The number of aromatic nitrogens is 2. The maximum absolute atomic E-state index is 12.5. The Morgan fingerprint density at radius 1 is 1.21 bits per heavy atom. The van der Waals surface area contributed by atoms with Gasteiger partial charge in [-0.15, -0.1) is 0 Å². The second kappa shape index (κ2) is 8.45. The third kappa shape index (κ3) is 4.90. The van der Waals surface area contributed by atoms with E-state index < -0.39 is 15.9 Å². The Kier molecular flexibility index (Phi) is 6.01. The molecule has 146 valence electrons. The van der Waals surface area contributed by atoms with Crippen LogP contribution in [0, 0.1) is 0 Å². The number of imidazole rings is 1. The Morgan fingerprint density at radius 2 is 2.00 bits per heavy atom. The van der Waals surface area contributed by atoms with Crippen LogP contribution in [0.5, 0.6) is 0 Å². The molecule has 7 nitrogen and oxygen atoms in total. The molecular formula is C19H19ClN4O3S. The molecular weight excluding hydrogens is 400 g/mol. The number of sulfonamides is 1. The zero-order valence-corrected chi connectivity index (χ0v) is 16.7. The number of para-hydroxylation sites is 1. The molecule has 0 spiro atoms. The molecule has 0 unspecified atom stereocenters. The number of carbonyl (C=O) groups excluding carboxylic acids is 1. The van der Waals surface area contributed by atoms with Gasteiger partial charge in [0.15, 0.2) is 0 Å². The van der Waals surface area contributed by atoms with Crippen LogP contribution in [0.25, 0.3) is 5.69 Å². The Bertz CT molecular complexity index is 1070. The molecule has 9 heteroatoms. The summed E-state index contributed by atoms with van der Waals surface area (Å²) >= 11 is 5.95. The van der Waals surface area contributed by atoms with Crippen LogP contribution in [0.2, 0.25) is 5.02 Å². The van der Waals surface area contributed by atoms with Gasteiger partial charge in [-0.25, -0.2) is 13.4 Å². The molecule has 0 radical (unpaired) electrons. The van der Waals surface area contributed by atoms with Gasteiger partial charge in [-0.05, 0) is 29.8 Å². The maximum atomic E-state index is 12.5. The fraction of sp³-hybridized carbons (Fsp3) is 0.158. The van der Waals surface area contributed by atoms with Gasteiger partial charge in [0.1, 0.15) is 6.54 Å². The summed E-state index contributed by atoms with van der Waals surface area (Å²) in [6.07, 6.45) is 6.20. The molecule has 0 saturated heterocycles. The summed E-state index contributed by atoms with van der Waals surface area (Å²) in [5.41, 5.74) is 2.10. The molecule has 0 aliphatic carbocycles. The quantitative estimate of drug-likeness (QED) is 0.639. The number of rotatable bonds is 7. The second-order valence-electron chi connectivity index (χ2n) is 6.12. The van der Waals surface area contributed by atoms with Crippen LogP contribution in [0.4, 0.5) is 5.69 Å². The summed E-state index contributed by atoms with van der Waals surface area (Å²) in [6.45, 7) is -0.0905. The third-order valence-corrected chi connectivity index (χ3v) is 5.41. The smallest absolute Gasteiger partial charge is 0.241 e. The van der Waals surface area contributed by atoms with Gasteiger partial charge in [0.05, 0.1) is 24.0 Å². The normalized spacial score (nSPS) is 11.2. The average molecular weight is 419 g/mol. The lowest BCUT2D eigenvalue weighted by molar-refractivity contribution is -0.119. The molecule has 1 heterocycles. The monoisotopic (exact) mass is 418 g/mol. The summed E-state index contributed by atoms with van der Waals surface area (Å²) in [5, 5.41) is 3.17. The minimum absolute atomic E-state index is 0.250. The van der Waals surface area contributed by atoms with Crippen LogP contribution in [-0.2, 0) is 21.4 Å². The van der Waals surface area contributed by atoms with Crippen molar-refractivity contribution in [2.45, 2.75) is 6.54 Å². The van der Waals surface area contributed by atoms with Crippen molar-refractivity contribution in [3.63, 3.8) is 0 Å². The zero-order chi connectivity index (χ0) is 20.1. The molecule has 2 aromatic carbocycles. The summed E-state index contributed by atoms with van der Waals surface area (Å²) in [5.74, 6) is -0.425. The number of benzene rings is 2. The van der Waals surface area contributed by atoms with Gasteiger partial charge in [-0.2, -0.15) is 0 Å². The first-order chi connectivity index (χ1) is 13.3. The average Bonchev–Trinajstić information content (AvgIpc) is 3.18. The summed E-state index contributed by atoms with van der Waals surface area (Å²) < 4.78 is 27.2. The molecule has 3 aromatic rings. The number of anilines is 1. The van der Waals surface area contributed by atoms with E-state index in [2.05, 4.69) is 10.3 Å². The number of carbonyl (C=O) groups is 1. The van der Waals surface area contributed by atoms with Crippen molar-refractivity contribution in [3.05, 3.63) is 77.8 Å². The number of hydrogen-bond acceptors (Lipinski definition) is 4. The fourth-order valence-electron chi connectivity index (χ4n) is 2.73. The molecule has 3 rings (SSSR count). The summed E-state index contributed by atoms with van der Waals surface area (Å²) in [7, 11) is -3.65. The Morgan fingerprint density at radius 3 is 2.68 bits per heavy atom. The van der Waals surface area contributed by atoms with E-state index in [9.17, 15) is 13.2 Å².